The zero-order valence-electron chi connectivity index (χ0n) is 18.5. The number of pyridine rings is 2. The van der Waals surface area contributed by atoms with E-state index in [4.69, 9.17) is 10.5 Å². The summed E-state index contributed by atoms with van der Waals surface area (Å²) in [5, 5.41) is 7.76. The number of carbonyl (C=O) groups excluding carboxylic acids is 2. The van der Waals surface area contributed by atoms with Crippen molar-refractivity contribution in [3.05, 3.63) is 65.9 Å². The third-order valence-electron chi connectivity index (χ3n) is 6.00. The number of aryl methyl sites for hydroxylation is 2. The standard InChI is InChI=1S/C24H21FN6O3/c1-13-11-17(12-28-21(13)34-18-7-10-27-20-19(18)14(2)29-30-20)31(16-5-3-15(25)4-6-16)23(33)24(8-9-24)22(26)32/h3-7,10-12H,8-9H2,1-2H3,(H2,26,32)(H,27,29,30). The Hall–Kier alpha value is -4.34. The number of fused-ring (bicyclic) bond motifs is 1. The molecule has 0 bridgehead atoms. The Morgan fingerprint density at radius 2 is 1.85 bits per heavy atom. The molecule has 34 heavy (non-hydrogen) atoms. The van der Waals surface area contributed by atoms with Gasteiger partial charge in [-0.05, 0) is 57.0 Å². The molecule has 3 heterocycles. The third kappa shape index (κ3) is 3.53. The maximum absolute atomic E-state index is 13.6. The molecule has 9 nitrogen and oxygen atoms in total. The first-order chi connectivity index (χ1) is 16.3. The lowest BCUT2D eigenvalue weighted by atomic mass is 10.0. The molecule has 1 saturated carbocycles. The van der Waals surface area contributed by atoms with E-state index in [-0.39, 0.29) is 0 Å². The van der Waals surface area contributed by atoms with Gasteiger partial charge in [0, 0.05) is 29.2 Å². The summed E-state index contributed by atoms with van der Waals surface area (Å²) in [7, 11) is 0. The minimum Gasteiger partial charge on any atom is -0.438 e. The maximum atomic E-state index is 13.6. The van der Waals surface area contributed by atoms with Gasteiger partial charge in [0.2, 0.25) is 17.7 Å². The summed E-state index contributed by atoms with van der Waals surface area (Å²) in [6.07, 6.45) is 3.81. The number of nitrogens with two attached hydrogens (primary N) is 1. The summed E-state index contributed by atoms with van der Waals surface area (Å²) in [5.41, 5.74) is 7.07. The fourth-order valence-corrected chi connectivity index (χ4v) is 3.91. The van der Waals surface area contributed by atoms with E-state index in [1.807, 2.05) is 6.92 Å². The van der Waals surface area contributed by atoms with Crippen LogP contribution >= 0.6 is 0 Å². The van der Waals surface area contributed by atoms with Crippen LogP contribution in [0.1, 0.15) is 24.1 Å². The van der Waals surface area contributed by atoms with Gasteiger partial charge in [0.15, 0.2) is 5.65 Å². The molecule has 1 fully saturated rings. The van der Waals surface area contributed by atoms with Crippen molar-refractivity contribution in [3.8, 4) is 11.6 Å². The van der Waals surface area contributed by atoms with Gasteiger partial charge in [0.1, 0.15) is 17.0 Å². The van der Waals surface area contributed by atoms with E-state index in [1.165, 1.54) is 35.4 Å². The molecule has 0 aliphatic heterocycles. The number of nitrogens with one attached hydrogen (secondary N) is 1. The largest absolute Gasteiger partial charge is 0.438 e. The molecule has 0 spiro atoms. The van der Waals surface area contributed by atoms with Gasteiger partial charge in [-0.1, -0.05) is 0 Å². The van der Waals surface area contributed by atoms with Crippen LogP contribution in [0.2, 0.25) is 0 Å². The van der Waals surface area contributed by atoms with Gasteiger partial charge in [0.25, 0.3) is 0 Å². The fraction of sp³-hybridized carbons (Fsp3) is 0.208. The summed E-state index contributed by atoms with van der Waals surface area (Å²) < 4.78 is 19.6. The van der Waals surface area contributed by atoms with Crippen molar-refractivity contribution in [1.82, 2.24) is 20.2 Å². The fourth-order valence-electron chi connectivity index (χ4n) is 3.91. The highest BCUT2D eigenvalue weighted by atomic mass is 19.1. The number of halogens is 1. The van der Waals surface area contributed by atoms with Crippen LogP contribution in [-0.4, -0.2) is 32.0 Å². The second kappa shape index (κ2) is 7.91. The van der Waals surface area contributed by atoms with Crippen molar-refractivity contribution in [2.24, 2.45) is 11.1 Å². The molecule has 0 saturated heterocycles. The molecule has 5 rings (SSSR count). The van der Waals surface area contributed by atoms with Crippen molar-refractivity contribution in [3.63, 3.8) is 0 Å². The van der Waals surface area contributed by atoms with Gasteiger partial charge in [-0.15, -0.1) is 0 Å². The predicted octanol–water partition coefficient (Wildman–Crippen LogP) is 3.83. The van der Waals surface area contributed by atoms with E-state index >= 15 is 0 Å². The van der Waals surface area contributed by atoms with Crippen molar-refractivity contribution in [2.45, 2.75) is 26.7 Å². The number of amides is 2. The molecule has 4 aromatic rings. The molecule has 1 aliphatic carbocycles. The Morgan fingerprint density at radius 1 is 1.12 bits per heavy atom. The number of primary amides is 1. The van der Waals surface area contributed by atoms with Crippen molar-refractivity contribution >= 4 is 34.2 Å². The van der Waals surface area contributed by atoms with E-state index < -0.39 is 23.0 Å². The normalized spacial score (nSPS) is 14.1. The molecular weight excluding hydrogens is 439 g/mol. The summed E-state index contributed by atoms with van der Waals surface area (Å²) in [6, 6.07) is 8.89. The SMILES string of the molecule is Cc1cc(N(C(=O)C2(C(N)=O)CC2)c2ccc(F)cc2)cnc1Oc1ccnc2n[nH]c(C)c12. The average molecular weight is 460 g/mol. The highest BCUT2D eigenvalue weighted by Crippen LogP contribution is 2.49. The minimum absolute atomic E-state index is 0.333. The van der Waals surface area contributed by atoms with E-state index in [1.54, 1.807) is 25.3 Å². The van der Waals surface area contributed by atoms with Crippen molar-refractivity contribution in [1.29, 1.82) is 0 Å². The molecule has 1 aliphatic rings. The van der Waals surface area contributed by atoms with E-state index in [0.29, 0.717) is 47.1 Å². The van der Waals surface area contributed by atoms with Gasteiger partial charge in [-0.3, -0.25) is 19.6 Å². The highest BCUT2D eigenvalue weighted by molar-refractivity contribution is 6.16. The van der Waals surface area contributed by atoms with Crippen LogP contribution in [0.3, 0.4) is 0 Å². The van der Waals surface area contributed by atoms with Gasteiger partial charge in [0.05, 0.1) is 17.3 Å². The number of nitrogens with zero attached hydrogens (tertiary/aromatic N) is 4. The monoisotopic (exact) mass is 460 g/mol. The molecule has 0 atom stereocenters. The number of hydrogen-bond acceptors (Lipinski definition) is 6. The van der Waals surface area contributed by atoms with Crippen LogP contribution in [0.25, 0.3) is 11.0 Å². The van der Waals surface area contributed by atoms with Crippen LogP contribution in [0.15, 0.2) is 48.8 Å². The first-order valence-electron chi connectivity index (χ1n) is 10.6. The van der Waals surface area contributed by atoms with Crippen molar-refractivity contribution in [2.75, 3.05) is 4.90 Å². The number of ether oxygens (including phenoxy) is 1. The Labute approximate surface area is 193 Å². The first kappa shape index (κ1) is 21.5. The number of aromatic amines is 1. The topological polar surface area (TPSA) is 127 Å². The van der Waals surface area contributed by atoms with E-state index in [9.17, 15) is 14.0 Å². The lowest BCUT2D eigenvalue weighted by Gasteiger charge is -2.26. The zero-order valence-corrected chi connectivity index (χ0v) is 18.5. The van der Waals surface area contributed by atoms with Crippen LogP contribution in [0.5, 0.6) is 11.6 Å². The van der Waals surface area contributed by atoms with Crippen LogP contribution in [0.4, 0.5) is 15.8 Å². The van der Waals surface area contributed by atoms with E-state index in [2.05, 4.69) is 20.2 Å². The van der Waals surface area contributed by atoms with Crippen LogP contribution < -0.4 is 15.4 Å². The minimum atomic E-state index is -1.26. The summed E-state index contributed by atoms with van der Waals surface area (Å²) in [5.74, 6) is -0.711. The van der Waals surface area contributed by atoms with Crippen LogP contribution in [-0.2, 0) is 9.59 Å². The molecule has 0 unspecified atom stereocenters. The number of hydrogen-bond donors (Lipinski definition) is 2. The Balaban J connectivity index is 1.53. The highest BCUT2D eigenvalue weighted by Gasteiger charge is 2.57. The number of H-pyrrole nitrogens is 1. The number of anilines is 2. The second-order valence-electron chi connectivity index (χ2n) is 8.34. The molecule has 172 valence electrons. The molecular formula is C24H21FN6O3. The van der Waals surface area contributed by atoms with Crippen molar-refractivity contribution < 1.29 is 18.7 Å². The second-order valence-corrected chi connectivity index (χ2v) is 8.34. The predicted molar refractivity (Wildman–Crippen MR) is 122 cm³/mol. The lowest BCUT2D eigenvalue weighted by Crippen LogP contribution is -2.41. The van der Waals surface area contributed by atoms with Gasteiger partial charge in [-0.25, -0.2) is 14.4 Å². The number of aromatic nitrogens is 4. The Kier molecular flexibility index (Phi) is 5.00. The molecule has 1 aromatic carbocycles. The number of rotatable bonds is 6. The van der Waals surface area contributed by atoms with Crippen LogP contribution in [0, 0.1) is 25.1 Å². The Morgan fingerprint density at radius 3 is 2.50 bits per heavy atom. The summed E-state index contributed by atoms with van der Waals surface area (Å²) in [4.78, 5) is 35.5. The Bertz CT molecular complexity index is 1430. The average Bonchev–Trinajstić information content (AvgIpc) is 3.55. The van der Waals surface area contributed by atoms with E-state index in [0.717, 1.165) is 11.1 Å². The third-order valence-corrected chi connectivity index (χ3v) is 6.00. The lowest BCUT2D eigenvalue weighted by molar-refractivity contribution is -0.133. The quantitative estimate of drug-likeness (QED) is 0.421. The van der Waals surface area contributed by atoms with Gasteiger partial charge < -0.3 is 10.5 Å². The smallest absolute Gasteiger partial charge is 0.247 e. The molecule has 3 N–H and O–H groups in total. The van der Waals surface area contributed by atoms with Gasteiger partial charge in [-0.2, -0.15) is 5.10 Å². The molecule has 0 radical (unpaired) electrons. The maximum Gasteiger partial charge on any atom is 0.247 e. The molecule has 10 heteroatoms. The molecule has 2 amide bonds. The summed E-state index contributed by atoms with van der Waals surface area (Å²) >= 11 is 0. The molecule has 3 aromatic heterocycles. The van der Waals surface area contributed by atoms with Gasteiger partial charge >= 0.3 is 0 Å². The zero-order chi connectivity index (χ0) is 24.0. The summed E-state index contributed by atoms with van der Waals surface area (Å²) in [6.45, 7) is 3.66. The number of carbonyl (C=O) groups is 2. The number of benzene rings is 1. The first-order valence-corrected chi connectivity index (χ1v) is 10.6.